The van der Waals surface area contributed by atoms with Gasteiger partial charge in [-0.15, -0.1) is 0 Å². The first kappa shape index (κ1) is 6.30. The van der Waals surface area contributed by atoms with Gasteiger partial charge in [0.25, 0.3) is 0 Å². The first-order chi connectivity index (χ1) is 3.18. The predicted molar refractivity (Wildman–Crippen MR) is 25.6 cm³/mol. The quantitative estimate of drug-likeness (QED) is 0.467. The zero-order valence-corrected chi connectivity index (χ0v) is 3.92. The van der Waals surface area contributed by atoms with Crippen molar-refractivity contribution in [3.8, 4) is 0 Å². The van der Waals surface area contributed by atoms with Crippen LogP contribution in [0.4, 0.5) is 0 Å². The van der Waals surface area contributed by atoms with Crippen molar-refractivity contribution in [3.05, 3.63) is 6.92 Å². The highest BCUT2D eigenvalue weighted by atomic mass is 16.4. The summed E-state index contributed by atoms with van der Waals surface area (Å²) in [5.41, 5.74) is 4.95. The van der Waals surface area contributed by atoms with Crippen LogP contribution in [0, 0.1) is 6.92 Å². The molecule has 40 valence electrons. The smallest absolute Gasteiger partial charge is 0.324 e. The third kappa shape index (κ3) is 2.05. The lowest BCUT2D eigenvalue weighted by Gasteiger charge is -1.92. The summed E-state index contributed by atoms with van der Waals surface area (Å²) < 4.78 is 0. The van der Waals surface area contributed by atoms with Crippen molar-refractivity contribution in [2.75, 3.05) is 0 Å². The summed E-state index contributed by atoms with van der Waals surface area (Å²) in [6.45, 7) is 3.30. The summed E-state index contributed by atoms with van der Waals surface area (Å²) in [5, 5.41) is 8.02. The largest absolute Gasteiger partial charge is 0.480 e. The molecule has 0 fully saturated rings. The molecule has 0 heterocycles. The van der Waals surface area contributed by atoms with Gasteiger partial charge in [0.2, 0.25) is 0 Å². The van der Waals surface area contributed by atoms with Gasteiger partial charge in [-0.3, -0.25) is 4.79 Å². The lowest BCUT2D eigenvalue weighted by Crippen LogP contribution is -2.28. The molecule has 0 radical (unpaired) electrons. The van der Waals surface area contributed by atoms with Crippen LogP contribution < -0.4 is 5.73 Å². The third-order valence-electron chi connectivity index (χ3n) is 0.628. The van der Waals surface area contributed by atoms with Gasteiger partial charge in [0.05, 0.1) is 6.92 Å². The molecule has 0 bridgehead atoms. The average Bonchev–Trinajstić information content (AvgIpc) is 1.65. The van der Waals surface area contributed by atoms with Gasteiger partial charge in [0.15, 0.2) is 0 Å². The van der Waals surface area contributed by atoms with Crippen LogP contribution in [0.1, 0.15) is 6.42 Å². The molecule has 0 rings (SSSR count). The molecule has 0 amide bonds. The second-order valence-electron chi connectivity index (χ2n) is 1.23. The first-order valence-corrected chi connectivity index (χ1v) is 1.96. The second kappa shape index (κ2) is 2.47. The van der Waals surface area contributed by atoms with E-state index in [9.17, 15) is 4.79 Å². The normalized spacial score (nSPS) is 13.3. The topological polar surface area (TPSA) is 63.3 Å². The molecule has 0 aliphatic carbocycles. The summed E-state index contributed by atoms with van der Waals surface area (Å²) in [6, 6.07) is -0.792. The van der Waals surface area contributed by atoms with Gasteiger partial charge < -0.3 is 10.8 Å². The molecule has 0 aromatic rings. The fourth-order valence-corrected chi connectivity index (χ4v) is 0.123. The Morgan fingerprint density at radius 1 is 2.00 bits per heavy atom. The minimum Gasteiger partial charge on any atom is -0.480 e. The molecule has 0 spiro atoms. The maximum absolute atomic E-state index is 9.77. The van der Waals surface area contributed by atoms with E-state index in [0.717, 1.165) is 0 Å². The van der Waals surface area contributed by atoms with E-state index in [4.69, 9.17) is 10.8 Å². The fraction of sp³-hybridized carbons (Fsp3) is 0.500. The Morgan fingerprint density at radius 2 is 2.43 bits per heavy atom. The Labute approximate surface area is 42.1 Å². The molecular formula is C4H8NO2+. The van der Waals surface area contributed by atoms with Crippen molar-refractivity contribution in [2.45, 2.75) is 12.5 Å². The molecule has 3 nitrogen and oxygen atoms in total. The van der Waals surface area contributed by atoms with Crippen molar-refractivity contribution in [1.82, 2.24) is 0 Å². The van der Waals surface area contributed by atoms with Crippen molar-refractivity contribution in [1.29, 1.82) is 0 Å². The fourth-order valence-electron chi connectivity index (χ4n) is 0.123. The summed E-state index contributed by atoms with van der Waals surface area (Å²) in [4.78, 5) is 9.77. The van der Waals surface area contributed by atoms with Crippen LogP contribution in [0.5, 0.6) is 0 Å². The first-order valence-electron chi connectivity index (χ1n) is 1.96. The molecule has 7 heavy (non-hydrogen) atoms. The highest BCUT2D eigenvalue weighted by molar-refractivity contribution is 5.73. The summed E-state index contributed by atoms with van der Waals surface area (Å²) in [7, 11) is 0. The molecule has 0 aromatic heterocycles. The SMILES string of the molecule is [CH2+]C[C@@H](N)C(=O)O. The number of carboxylic acids is 1. The minimum absolute atomic E-state index is 0.245. The van der Waals surface area contributed by atoms with E-state index >= 15 is 0 Å². The van der Waals surface area contributed by atoms with Gasteiger partial charge in [0, 0.05) is 0 Å². The molecule has 0 unspecified atom stereocenters. The van der Waals surface area contributed by atoms with E-state index < -0.39 is 12.0 Å². The standard InChI is InChI=1S/C4H7NO2/c1-2-3(5)4(6)7/h3H,1-2,5H2/p+1/t3-/m1/s1. The monoisotopic (exact) mass is 102 g/mol. The molecule has 3 N–H and O–H groups in total. The molecular weight excluding hydrogens is 94.0 g/mol. The highest BCUT2D eigenvalue weighted by Gasteiger charge is 2.09. The van der Waals surface area contributed by atoms with Crippen LogP contribution in [0.15, 0.2) is 0 Å². The maximum Gasteiger partial charge on any atom is 0.324 e. The van der Waals surface area contributed by atoms with Crippen LogP contribution in [0.3, 0.4) is 0 Å². The van der Waals surface area contributed by atoms with Crippen LogP contribution >= 0.6 is 0 Å². The van der Waals surface area contributed by atoms with Crippen LogP contribution in [0.2, 0.25) is 0 Å². The predicted octanol–water partition coefficient (Wildman–Crippen LogP) is -0.378. The molecule has 0 saturated heterocycles. The maximum atomic E-state index is 9.77. The van der Waals surface area contributed by atoms with E-state index in [1.807, 2.05) is 0 Å². The molecule has 0 aliphatic heterocycles. The van der Waals surface area contributed by atoms with Crippen molar-refractivity contribution in [3.63, 3.8) is 0 Å². The van der Waals surface area contributed by atoms with E-state index in [-0.39, 0.29) is 6.42 Å². The summed E-state index contributed by atoms with van der Waals surface area (Å²) in [6.07, 6.45) is 0.245. The minimum atomic E-state index is -0.991. The Kier molecular flexibility index (Phi) is 2.22. The van der Waals surface area contributed by atoms with Crippen molar-refractivity contribution in [2.24, 2.45) is 5.73 Å². The number of hydrogen-bond donors (Lipinski definition) is 2. The summed E-state index contributed by atoms with van der Waals surface area (Å²) in [5.74, 6) is -0.991. The van der Waals surface area contributed by atoms with Gasteiger partial charge in [-0.2, -0.15) is 0 Å². The molecule has 0 saturated carbocycles. The highest BCUT2D eigenvalue weighted by Crippen LogP contribution is 1.81. The van der Waals surface area contributed by atoms with Crippen LogP contribution in [-0.2, 0) is 4.79 Å². The average molecular weight is 102 g/mol. The van der Waals surface area contributed by atoms with E-state index in [0.29, 0.717) is 0 Å². The molecule has 0 aromatic carbocycles. The zero-order chi connectivity index (χ0) is 5.86. The zero-order valence-electron chi connectivity index (χ0n) is 3.92. The van der Waals surface area contributed by atoms with E-state index in [1.54, 1.807) is 0 Å². The van der Waals surface area contributed by atoms with E-state index in [1.165, 1.54) is 0 Å². The van der Waals surface area contributed by atoms with Crippen LogP contribution in [-0.4, -0.2) is 17.1 Å². The number of nitrogens with two attached hydrogens (primary N) is 1. The number of carbonyl (C=O) groups is 1. The lowest BCUT2D eigenvalue weighted by atomic mass is 10.2. The van der Waals surface area contributed by atoms with Crippen molar-refractivity contribution >= 4 is 5.97 Å². The van der Waals surface area contributed by atoms with Gasteiger partial charge in [0.1, 0.15) is 12.5 Å². The van der Waals surface area contributed by atoms with Gasteiger partial charge >= 0.3 is 5.97 Å². The Hall–Kier alpha value is -0.700. The Morgan fingerprint density at radius 3 is 2.43 bits per heavy atom. The number of carboxylic acid groups (broad SMARTS) is 1. The third-order valence-corrected chi connectivity index (χ3v) is 0.628. The summed E-state index contributed by atoms with van der Waals surface area (Å²) >= 11 is 0. The van der Waals surface area contributed by atoms with Crippen molar-refractivity contribution < 1.29 is 9.90 Å². The number of aliphatic carboxylic acids is 1. The number of hydrogen-bond acceptors (Lipinski definition) is 2. The lowest BCUT2D eigenvalue weighted by molar-refractivity contribution is -0.138. The Balaban J connectivity index is 3.34. The van der Waals surface area contributed by atoms with Gasteiger partial charge in [-0.05, 0) is 0 Å². The van der Waals surface area contributed by atoms with Gasteiger partial charge in [-0.25, -0.2) is 0 Å². The molecule has 1 atom stereocenters. The van der Waals surface area contributed by atoms with Crippen LogP contribution in [0.25, 0.3) is 0 Å². The Bertz CT molecular complexity index is 72.1. The van der Waals surface area contributed by atoms with Gasteiger partial charge in [-0.1, -0.05) is 0 Å². The number of rotatable bonds is 2. The molecule has 0 aliphatic rings. The van der Waals surface area contributed by atoms with E-state index in [2.05, 4.69) is 6.92 Å². The second-order valence-corrected chi connectivity index (χ2v) is 1.23. The molecule has 3 heteroatoms.